The maximum Gasteiger partial charge on any atom is 0.253 e. The fraction of sp³-hybridized carbons (Fsp3) is 0.188. The predicted molar refractivity (Wildman–Crippen MR) is 82.9 cm³/mol. The highest BCUT2D eigenvalue weighted by atomic mass is 35.5. The van der Waals surface area contributed by atoms with E-state index in [4.69, 9.17) is 17.3 Å². The Morgan fingerprint density at radius 2 is 1.85 bits per heavy atom. The van der Waals surface area contributed by atoms with E-state index in [0.29, 0.717) is 16.3 Å². The summed E-state index contributed by atoms with van der Waals surface area (Å²) in [6.45, 7) is 3.97. The summed E-state index contributed by atoms with van der Waals surface area (Å²) < 4.78 is 0. The monoisotopic (exact) mass is 288 g/mol. The predicted octanol–water partition coefficient (Wildman–Crippen LogP) is 3.72. The summed E-state index contributed by atoms with van der Waals surface area (Å²) in [6, 6.07) is 12.8. The molecule has 0 aliphatic rings. The Bertz CT molecular complexity index is 623. The van der Waals surface area contributed by atoms with E-state index >= 15 is 0 Å². The van der Waals surface area contributed by atoms with Crippen molar-refractivity contribution in [2.24, 2.45) is 0 Å². The second-order valence-electron chi connectivity index (χ2n) is 4.84. The topological polar surface area (TPSA) is 55.1 Å². The first kappa shape index (κ1) is 14.4. The Kier molecular flexibility index (Phi) is 4.30. The molecule has 1 atom stereocenters. The van der Waals surface area contributed by atoms with E-state index in [0.717, 1.165) is 5.56 Å². The van der Waals surface area contributed by atoms with Gasteiger partial charge in [-0.15, -0.1) is 0 Å². The van der Waals surface area contributed by atoms with Crippen LogP contribution in [0.2, 0.25) is 5.02 Å². The van der Waals surface area contributed by atoms with Gasteiger partial charge in [0.1, 0.15) is 0 Å². The minimum absolute atomic E-state index is 0.0850. The van der Waals surface area contributed by atoms with E-state index < -0.39 is 0 Å². The fourth-order valence-corrected chi connectivity index (χ4v) is 2.13. The zero-order valence-electron chi connectivity index (χ0n) is 11.5. The summed E-state index contributed by atoms with van der Waals surface area (Å²) in [6.07, 6.45) is 0. The van der Waals surface area contributed by atoms with E-state index in [1.807, 2.05) is 38.1 Å². The van der Waals surface area contributed by atoms with Crippen molar-refractivity contribution in [2.75, 3.05) is 5.73 Å². The zero-order valence-corrected chi connectivity index (χ0v) is 12.2. The smallest absolute Gasteiger partial charge is 0.253 e. The number of halogens is 1. The number of nitrogen functional groups attached to an aromatic ring is 1. The minimum Gasteiger partial charge on any atom is -0.398 e. The SMILES string of the molecule is Cc1ccc([C@@H](C)NC(=O)c2ccc(Cl)cc2N)cc1. The Morgan fingerprint density at radius 1 is 1.20 bits per heavy atom. The molecule has 3 N–H and O–H groups in total. The van der Waals surface area contributed by atoms with Crippen LogP contribution in [-0.4, -0.2) is 5.91 Å². The molecule has 3 nitrogen and oxygen atoms in total. The lowest BCUT2D eigenvalue weighted by Crippen LogP contribution is -2.27. The first-order valence-corrected chi connectivity index (χ1v) is 6.77. The molecule has 2 aromatic carbocycles. The second kappa shape index (κ2) is 5.97. The summed E-state index contributed by atoms with van der Waals surface area (Å²) in [5.41, 5.74) is 8.87. The average Bonchev–Trinajstić information content (AvgIpc) is 2.39. The van der Waals surface area contributed by atoms with Crippen molar-refractivity contribution in [3.05, 3.63) is 64.2 Å². The molecule has 0 aromatic heterocycles. The van der Waals surface area contributed by atoms with Crippen molar-refractivity contribution in [2.45, 2.75) is 19.9 Å². The summed E-state index contributed by atoms with van der Waals surface area (Å²) in [5, 5.41) is 3.45. The van der Waals surface area contributed by atoms with Crippen LogP contribution in [0.15, 0.2) is 42.5 Å². The standard InChI is InChI=1S/C16H17ClN2O/c1-10-3-5-12(6-4-10)11(2)19-16(20)14-8-7-13(17)9-15(14)18/h3-9,11H,18H2,1-2H3,(H,19,20)/t11-/m1/s1. The van der Waals surface area contributed by atoms with Crippen LogP contribution in [-0.2, 0) is 0 Å². The number of hydrogen-bond acceptors (Lipinski definition) is 2. The molecule has 104 valence electrons. The molecule has 0 spiro atoms. The molecule has 0 unspecified atom stereocenters. The molecule has 1 amide bonds. The van der Waals surface area contributed by atoms with Gasteiger partial charge in [0, 0.05) is 10.7 Å². The summed E-state index contributed by atoms with van der Waals surface area (Å²) in [5.74, 6) is -0.202. The molecule has 0 saturated carbocycles. The van der Waals surface area contributed by atoms with Gasteiger partial charge in [-0.3, -0.25) is 4.79 Å². The van der Waals surface area contributed by atoms with E-state index in [1.165, 1.54) is 5.56 Å². The van der Waals surface area contributed by atoms with Gasteiger partial charge in [-0.05, 0) is 37.6 Å². The lowest BCUT2D eigenvalue weighted by Gasteiger charge is -2.15. The third-order valence-electron chi connectivity index (χ3n) is 3.18. The van der Waals surface area contributed by atoms with Crippen LogP contribution in [0.3, 0.4) is 0 Å². The highest BCUT2D eigenvalue weighted by Gasteiger charge is 2.13. The van der Waals surface area contributed by atoms with Gasteiger partial charge >= 0.3 is 0 Å². The van der Waals surface area contributed by atoms with E-state index in [2.05, 4.69) is 5.32 Å². The maximum atomic E-state index is 12.2. The number of rotatable bonds is 3. The first-order chi connectivity index (χ1) is 9.47. The molecule has 2 rings (SSSR count). The van der Waals surface area contributed by atoms with Crippen LogP contribution < -0.4 is 11.1 Å². The molecule has 4 heteroatoms. The van der Waals surface area contributed by atoms with Crippen LogP contribution in [0.5, 0.6) is 0 Å². The number of aryl methyl sites for hydroxylation is 1. The highest BCUT2D eigenvalue weighted by molar-refractivity contribution is 6.31. The molecule has 0 bridgehead atoms. The van der Waals surface area contributed by atoms with Crippen LogP contribution >= 0.6 is 11.6 Å². The van der Waals surface area contributed by atoms with Crippen molar-refractivity contribution in [1.82, 2.24) is 5.32 Å². The minimum atomic E-state index is -0.202. The zero-order chi connectivity index (χ0) is 14.7. The normalized spacial score (nSPS) is 11.9. The van der Waals surface area contributed by atoms with Crippen molar-refractivity contribution in [3.8, 4) is 0 Å². The maximum absolute atomic E-state index is 12.2. The van der Waals surface area contributed by atoms with Crippen LogP contribution in [0.1, 0.15) is 34.5 Å². The molecular weight excluding hydrogens is 272 g/mol. The molecule has 2 aromatic rings. The lowest BCUT2D eigenvalue weighted by atomic mass is 10.1. The van der Waals surface area contributed by atoms with Gasteiger partial charge in [-0.25, -0.2) is 0 Å². The number of carbonyl (C=O) groups excluding carboxylic acids is 1. The second-order valence-corrected chi connectivity index (χ2v) is 5.27. The van der Waals surface area contributed by atoms with Crippen LogP contribution in [0.25, 0.3) is 0 Å². The first-order valence-electron chi connectivity index (χ1n) is 6.40. The number of anilines is 1. The summed E-state index contributed by atoms with van der Waals surface area (Å²) in [7, 11) is 0. The molecule has 0 saturated heterocycles. The third kappa shape index (κ3) is 3.31. The Morgan fingerprint density at radius 3 is 2.45 bits per heavy atom. The number of amides is 1. The number of benzene rings is 2. The number of carbonyl (C=O) groups is 1. The van der Waals surface area contributed by atoms with Gasteiger partial charge in [0.15, 0.2) is 0 Å². The van der Waals surface area contributed by atoms with E-state index in [-0.39, 0.29) is 11.9 Å². The fourth-order valence-electron chi connectivity index (χ4n) is 1.95. The molecular formula is C16H17ClN2O. The molecule has 0 radical (unpaired) electrons. The van der Waals surface area contributed by atoms with Gasteiger partial charge in [0.2, 0.25) is 0 Å². The van der Waals surface area contributed by atoms with Gasteiger partial charge in [0.25, 0.3) is 5.91 Å². The average molecular weight is 289 g/mol. The Hall–Kier alpha value is -2.00. The number of nitrogens with one attached hydrogen (secondary N) is 1. The molecule has 20 heavy (non-hydrogen) atoms. The van der Waals surface area contributed by atoms with Crippen molar-refractivity contribution < 1.29 is 4.79 Å². The van der Waals surface area contributed by atoms with Gasteiger partial charge in [-0.2, -0.15) is 0 Å². The largest absolute Gasteiger partial charge is 0.398 e. The van der Waals surface area contributed by atoms with Crippen molar-refractivity contribution in [3.63, 3.8) is 0 Å². The van der Waals surface area contributed by atoms with Crippen LogP contribution in [0, 0.1) is 6.92 Å². The van der Waals surface area contributed by atoms with Gasteiger partial charge < -0.3 is 11.1 Å². The molecule has 0 fully saturated rings. The summed E-state index contributed by atoms with van der Waals surface area (Å²) in [4.78, 5) is 12.2. The van der Waals surface area contributed by atoms with Crippen molar-refractivity contribution >= 4 is 23.2 Å². The third-order valence-corrected chi connectivity index (χ3v) is 3.42. The Balaban J connectivity index is 2.13. The van der Waals surface area contributed by atoms with Gasteiger partial charge in [0.05, 0.1) is 11.6 Å². The van der Waals surface area contributed by atoms with Gasteiger partial charge in [-0.1, -0.05) is 41.4 Å². The summed E-state index contributed by atoms with van der Waals surface area (Å²) >= 11 is 5.83. The Labute approximate surface area is 123 Å². The lowest BCUT2D eigenvalue weighted by molar-refractivity contribution is 0.0941. The van der Waals surface area contributed by atoms with E-state index in [9.17, 15) is 4.79 Å². The van der Waals surface area contributed by atoms with Crippen LogP contribution in [0.4, 0.5) is 5.69 Å². The molecule has 0 heterocycles. The number of hydrogen-bond donors (Lipinski definition) is 2. The van der Waals surface area contributed by atoms with E-state index in [1.54, 1.807) is 18.2 Å². The molecule has 0 aliphatic carbocycles. The number of nitrogens with two attached hydrogens (primary N) is 1. The highest BCUT2D eigenvalue weighted by Crippen LogP contribution is 2.19. The quantitative estimate of drug-likeness (QED) is 0.846. The molecule has 0 aliphatic heterocycles. The van der Waals surface area contributed by atoms with Crippen molar-refractivity contribution in [1.29, 1.82) is 0 Å².